The molecule has 1 fully saturated rings. The average Bonchev–Trinajstić information content (AvgIpc) is 2.22. The highest BCUT2D eigenvalue weighted by Gasteiger charge is 2.31. The zero-order valence-corrected chi connectivity index (χ0v) is 10.7. The molecule has 1 saturated carbocycles. The van der Waals surface area contributed by atoms with Crippen LogP contribution in [0.2, 0.25) is 0 Å². The standard InChI is InChI=1S/C13H14F3N2O/c1-18(2)17-11-7-10(8-11)9-3-5-12(6-4-9)19-13(14,15)16/h3-6H,7-8H2,1-2H3. The van der Waals surface area contributed by atoms with E-state index in [9.17, 15) is 13.2 Å². The molecule has 0 spiro atoms. The molecular weight excluding hydrogens is 257 g/mol. The first kappa shape index (κ1) is 13.7. The summed E-state index contributed by atoms with van der Waals surface area (Å²) in [6, 6.07) is 5.94. The van der Waals surface area contributed by atoms with Crippen molar-refractivity contribution in [3.05, 3.63) is 35.7 Å². The molecule has 103 valence electrons. The fourth-order valence-electron chi connectivity index (χ4n) is 1.89. The lowest BCUT2D eigenvalue weighted by Gasteiger charge is -2.28. The van der Waals surface area contributed by atoms with Crippen LogP contribution in [0.3, 0.4) is 0 Å². The molecule has 1 aromatic carbocycles. The number of benzene rings is 1. The molecule has 0 aliphatic heterocycles. The van der Waals surface area contributed by atoms with Gasteiger partial charge in [-0.2, -0.15) is 5.10 Å². The van der Waals surface area contributed by atoms with Gasteiger partial charge < -0.3 is 9.75 Å². The number of hydrogen-bond donors (Lipinski definition) is 0. The van der Waals surface area contributed by atoms with Crippen LogP contribution in [-0.2, 0) is 0 Å². The Labute approximate surface area is 109 Å². The van der Waals surface area contributed by atoms with Gasteiger partial charge in [0.05, 0.1) is 0 Å². The first-order chi connectivity index (χ1) is 8.83. The van der Waals surface area contributed by atoms with Crippen molar-refractivity contribution in [3.8, 4) is 5.75 Å². The molecule has 6 heteroatoms. The van der Waals surface area contributed by atoms with E-state index < -0.39 is 6.36 Å². The molecule has 1 aliphatic carbocycles. The van der Waals surface area contributed by atoms with E-state index in [4.69, 9.17) is 0 Å². The number of alkyl halides is 3. The van der Waals surface area contributed by atoms with E-state index in [-0.39, 0.29) is 5.75 Å². The van der Waals surface area contributed by atoms with Gasteiger partial charge >= 0.3 is 6.36 Å². The normalized spacial score (nSPS) is 15.9. The van der Waals surface area contributed by atoms with Crippen molar-refractivity contribution < 1.29 is 17.9 Å². The van der Waals surface area contributed by atoms with Crippen LogP contribution in [0, 0.1) is 5.92 Å². The Bertz CT molecular complexity index is 458. The second-order valence-corrected chi connectivity index (χ2v) is 4.54. The van der Waals surface area contributed by atoms with E-state index in [0.717, 1.165) is 24.1 Å². The van der Waals surface area contributed by atoms with Gasteiger partial charge in [-0.1, -0.05) is 12.1 Å². The van der Waals surface area contributed by atoms with Crippen molar-refractivity contribution >= 4 is 5.71 Å². The molecule has 1 radical (unpaired) electrons. The van der Waals surface area contributed by atoms with Gasteiger partial charge in [-0.05, 0) is 30.5 Å². The zero-order valence-electron chi connectivity index (χ0n) is 10.7. The van der Waals surface area contributed by atoms with E-state index in [0.29, 0.717) is 0 Å². The molecule has 0 saturated heterocycles. The van der Waals surface area contributed by atoms with E-state index in [1.54, 1.807) is 17.1 Å². The largest absolute Gasteiger partial charge is 0.573 e. The highest BCUT2D eigenvalue weighted by atomic mass is 19.4. The van der Waals surface area contributed by atoms with Crippen LogP contribution in [-0.4, -0.2) is 31.2 Å². The second kappa shape index (κ2) is 5.11. The van der Waals surface area contributed by atoms with Gasteiger partial charge in [0.2, 0.25) is 0 Å². The van der Waals surface area contributed by atoms with E-state index in [1.165, 1.54) is 18.1 Å². The zero-order chi connectivity index (χ0) is 14.0. The average molecular weight is 271 g/mol. The topological polar surface area (TPSA) is 24.8 Å². The van der Waals surface area contributed by atoms with Crippen molar-refractivity contribution in [2.45, 2.75) is 19.2 Å². The van der Waals surface area contributed by atoms with E-state index in [2.05, 4.69) is 9.84 Å². The Morgan fingerprint density at radius 1 is 1.11 bits per heavy atom. The van der Waals surface area contributed by atoms with Gasteiger partial charge in [0, 0.05) is 25.7 Å². The van der Waals surface area contributed by atoms with Gasteiger partial charge in [0.25, 0.3) is 0 Å². The first-order valence-corrected chi connectivity index (χ1v) is 5.78. The Balaban J connectivity index is 1.94. The summed E-state index contributed by atoms with van der Waals surface area (Å²) < 4.78 is 39.8. The summed E-state index contributed by atoms with van der Waals surface area (Å²) >= 11 is 0. The molecule has 0 unspecified atom stereocenters. The van der Waals surface area contributed by atoms with Gasteiger partial charge in [0.1, 0.15) is 5.75 Å². The molecule has 1 aliphatic rings. The summed E-state index contributed by atoms with van der Waals surface area (Å²) in [6.45, 7) is 0. The summed E-state index contributed by atoms with van der Waals surface area (Å²) in [5.74, 6) is 0.984. The van der Waals surface area contributed by atoms with Crippen LogP contribution < -0.4 is 4.74 Å². The molecular formula is C13H14F3N2O. The number of ether oxygens (including phenoxy) is 1. The van der Waals surface area contributed by atoms with Crippen LogP contribution in [0.15, 0.2) is 29.4 Å². The maximum Gasteiger partial charge on any atom is 0.573 e. The molecule has 0 atom stereocenters. The number of halogens is 3. The highest BCUT2D eigenvalue weighted by Crippen LogP contribution is 2.35. The van der Waals surface area contributed by atoms with Crippen molar-refractivity contribution in [2.75, 3.05) is 14.1 Å². The molecule has 0 aromatic heterocycles. The maximum atomic E-state index is 12.0. The van der Waals surface area contributed by atoms with Gasteiger partial charge in [0.15, 0.2) is 0 Å². The second-order valence-electron chi connectivity index (χ2n) is 4.54. The van der Waals surface area contributed by atoms with Crippen molar-refractivity contribution in [1.29, 1.82) is 0 Å². The monoisotopic (exact) mass is 271 g/mol. The highest BCUT2D eigenvalue weighted by molar-refractivity contribution is 5.96. The van der Waals surface area contributed by atoms with Crippen LogP contribution in [0.25, 0.3) is 0 Å². The summed E-state index contributed by atoms with van der Waals surface area (Å²) in [5.41, 5.74) is 2.02. The minimum absolute atomic E-state index is 0.196. The SMILES string of the molecule is CN(C)N=C1C[C](c2ccc(OC(F)(F)F)cc2)C1. The van der Waals surface area contributed by atoms with Crippen molar-refractivity contribution in [3.63, 3.8) is 0 Å². The van der Waals surface area contributed by atoms with Gasteiger partial charge in [-0.15, -0.1) is 13.2 Å². The Hall–Kier alpha value is -1.72. The molecule has 3 nitrogen and oxygen atoms in total. The van der Waals surface area contributed by atoms with Crippen molar-refractivity contribution in [1.82, 2.24) is 5.01 Å². The van der Waals surface area contributed by atoms with Gasteiger partial charge in [-0.3, -0.25) is 0 Å². The lowest BCUT2D eigenvalue weighted by molar-refractivity contribution is -0.274. The van der Waals surface area contributed by atoms with Crippen LogP contribution in [0.1, 0.15) is 18.4 Å². The summed E-state index contributed by atoms with van der Waals surface area (Å²) in [5, 5.41) is 6.02. The third kappa shape index (κ3) is 3.87. The predicted octanol–water partition coefficient (Wildman–Crippen LogP) is 3.22. The van der Waals surface area contributed by atoms with E-state index >= 15 is 0 Å². The van der Waals surface area contributed by atoms with Crippen LogP contribution >= 0.6 is 0 Å². The summed E-state index contributed by atoms with van der Waals surface area (Å²) in [4.78, 5) is 0. The lowest BCUT2D eigenvalue weighted by atomic mass is 9.78. The lowest BCUT2D eigenvalue weighted by Crippen LogP contribution is -2.25. The minimum atomic E-state index is -4.64. The quantitative estimate of drug-likeness (QED) is 0.788. The van der Waals surface area contributed by atoms with E-state index in [1.807, 2.05) is 14.1 Å². The summed E-state index contributed by atoms with van der Waals surface area (Å²) in [7, 11) is 3.71. The fraction of sp³-hybridized carbons (Fsp3) is 0.385. The molecule has 0 bridgehead atoms. The molecule has 19 heavy (non-hydrogen) atoms. The first-order valence-electron chi connectivity index (χ1n) is 5.78. The van der Waals surface area contributed by atoms with Crippen LogP contribution in [0.4, 0.5) is 13.2 Å². The Kier molecular flexibility index (Phi) is 3.68. The van der Waals surface area contributed by atoms with Crippen LogP contribution in [0.5, 0.6) is 5.75 Å². The molecule has 1 aromatic rings. The third-order valence-electron chi connectivity index (χ3n) is 2.67. The molecule has 0 amide bonds. The maximum absolute atomic E-state index is 12.0. The third-order valence-corrected chi connectivity index (χ3v) is 2.67. The number of rotatable bonds is 3. The van der Waals surface area contributed by atoms with Gasteiger partial charge in [-0.25, -0.2) is 0 Å². The summed E-state index contributed by atoms with van der Waals surface area (Å²) in [6.07, 6.45) is -3.09. The number of hydrogen-bond acceptors (Lipinski definition) is 3. The smallest absolute Gasteiger partial charge is 0.406 e. The number of hydrazone groups is 1. The molecule has 2 rings (SSSR count). The Morgan fingerprint density at radius 2 is 1.68 bits per heavy atom. The predicted molar refractivity (Wildman–Crippen MR) is 65.8 cm³/mol. The van der Waals surface area contributed by atoms with Crippen molar-refractivity contribution in [2.24, 2.45) is 5.10 Å². The molecule has 0 N–H and O–H groups in total. The fourth-order valence-corrected chi connectivity index (χ4v) is 1.89. The number of nitrogens with zero attached hydrogens (tertiary/aromatic N) is 2. The Morgan fingerprint density at radius 3 is 2.16 bits per heavy atom. The molecule has 0 heterocycles. The minimum Gasteiger partial charge on any atom is -0.406 e.